The minimum Gasteiger partial charge on any atom is -0.296 e. The Morgan fingerprint density at radius 2 is 1.88 bits per heavy atom. The van der Waals surface area contributed by atoms with E-state index in [1.165, 1.54) is 23.1 Å². The fraction of sp³-hybridized carbons (Fsp3) is 0.263. The molecule has 5 nitrogen and oxygen atoms in total. The van der Waals surface area contributed by atoms with E-state index in [0.29, 0.717) is 5.13 Å². The third kappa shape index (κ3) is 4.09. The highest BCUT2D eigenvalue weighted by atomic mass is 32.1. The van der Waals surface area contributed by atoms with Crippen molar-refractivity contribution in [3.8, 4) is 11.3 Å². The van der Waals surface area contributed by atoms with Crippen LogP contribution in [-0.4, -0.2) is 20.9 Å². The second-order valence-corrected chi connectivity index (χ2v) is 7.07. The molecular weight excluding hydrogens is 332 g/mol. The fourth-order valence-electron chi connectivity index (χ4n) is 2.51. The van der Waals surface area contributed by atoms with E-state index in [1.807, 2.05) is 13.8 Å². The van der Waals surface area contributed by atoms with Crippen molar-refractivity contribution < 1.29 is 4.79 Å². The van der Waals surface area contributed by atoms with Gasteiger partial charge in [-0.25, -0.2) is 9.97 Å². The Morgan fingerprint density at radius 1 is 1.12 bits per heavy atom. The van der Waals surface area contributed by atoms with Crippen LogP contribution in [0.15, 0.2) is 36.7 Å². The molecule has 0 saturated heterocycles. The van der Waals surface area contributed by atoms with Crippen LogP contribution in [0, 0.1) is 13.8 Å². The van der Waals surface area contributed by atoms with Crippen LogP contribution >= 0.6 is 11.3 Å². The molecule has 0 unspecified atom stereocenters. The highest BCUT2D eigenvalue weighted by Gasteiger charge is 2.14. The maximum absolute atomic E-state index is 12.3. The van der Waals surface area contributed by atoms with Gasteiger partial charge in [0.2, 0.25) is 0 Å². The standard InChI is InChI=1S/C19H20N4OS/c1-4-5-14-6-8-15(9-7-14)17-13(3)25-19(22-17)23-18(24)16-11-20-12(2)10-21-16/h6-11H,4-5H2,1-3H3,(H,22,23,24). The first-order valence-electron chi connectivity index (χ1n) is 8.23. The molecular formula is C19H20N4OS. The van der Waals surface area contributed by atoms with Crippen LogP contribution in [0.3, 0.4) is 0 Å². The molecule has 0 radical (unpaired) electrons. The molecule has 2 aromatic heterocycles. The third-order valence-electron chi connectivity index (χ3n) is 3.80. The summed E-state index contributed by atoms with van der Waals surface area (Å²) >= 11 is 1.46. The normalized spacial score (nSPS) is 10.7. The Labute approximate surface area is 151 Å². The summed E-state index contributed by atoms with van der Waals surface area (Å²) in [5.74, 6) is -0.300. The molecule has 1 aromatic carbocycles. The second kappa shape index (κ2) is 7.53. The average molecular weight is 352 g/mol. The van der Waals surface area contributed by atoms with E-state index >= 15 is 0 Å². The SMILES string of the molecule is CCCc1ccc(-c2nc(NC(=O)c3cnc(C)cn3)sc2C)cc1. The number of nitrogens with zero attached hydrogens (tertiary/aromatic N) is 3. The van der Waals surface area contributed by atoms with Gasteiger partial charge in [0, 0.05) is 16.6 Å². The van der Waals surface area contributed by atoms with Gasteiger partial charge in [-0.2, -0.15) is 0 Å². The Morgan fingerprint density at radius 3 is 2.52 bits per heavy atom. The Balaban J connectivity index is 1.77. The van der Waals surface area contributed by atoms with Crippen LogP contribution in [-0.2, 0) is 6.42 Å². The zero-order chi connectivity index (χ0) is 17.8. The van der Waals surface area contributed by atoms with Gasteiger partial charge in [0.15, 0.2) is 5.13 Å². The zero-order valence-corrected chi connectivity index (χ0v) is 15.4. The lowest BCUT2D eigenvalue weighted by molar-refractivity contribution is 0.102. The van der Waals surface area contributed by atoms with Gasteiger partial charge < -0.3 is 0 Å². The summed E-state index contributed by atoms with van der Waals surface area (Å²) in [4.78, 5) is 26.1. The van der Waals surface area contributed by atoms with Crippen LogP contribution < -0.4 is 5.32 Å². The highest BCUT2D eigenvalue weighted by molar-refractivity contribution is 7.16. The minimum atomic E-state index is -0.300. The van der Waals surface area contributed by atoms with Crippen molar-refractivity contribution in [3.63, 3.8) is 0 Å². The lowest BCUT2D eigenvalue weighted by Gasteiger charge is -2.02. The predicted molar refractivity (Wildman–Crippen MR) is 101 cm³/mol. The lowest BCUT2D eigenvalue weighted by Crippen LogP contribution is -2.13. The first-order chi connectivity index (χ1) is 12.1. The molecule has 0 atom stereocenters. The summed E-state index contributed by atoms with van der Waals surface area (Å²) in [6.07, 6.45) is 5.26. The van der Waals surface area contributed by atoms with Crippen LogP contribution in [0.1, 0.15) is 40.0 Å². The number of thiazole rings is 1. The molecule has 0 spiro atoms. The van der Waals surface area contributed by atoms with Crippen molar-refractivity contribution >= 4 is 22.4 Å². The van der Waals surface area contributed by atoms with Gasteiger partial charge in [0.05, 0.1) is 17.6 Å². The van der Waals surface area contributed by atoms with Crippen molar-refractivity contribution in [3.05, 3.63) is 58.5 Å². The molecule has 2 heterocycles. The Hall–Kier alpha value is -2.60. The van der Waals surface area contributed by atoms with Crippen molar-refractivity contribution in [2.45, 2.75) is 33.6 Å². The van der Waals surface area contributed by atoms with Gasteiger partial charge >= 0.3 is 0 Å². The van der Waals surface area contributed by atoms with E-state index in [4.69, 9.17) is 0 Å². The van der Waals surface area contributed by atoms with Gasteiger partial charge in [-0.05, 0) is 25.8 Å². The van der Waals surface area contributed by atoms with Crippen molar-refractivity contribution in [2.75, 3.05) is 5.32 Å². The molecule has 0 aliphatic heterocycles. The number of amides is 1. The predicted octanol–water partition coefficient (Wildman–Crippen LogP) is 4.42. The summed E-state index contributed by atoms with van der Waals surface area (Å²) < 4.78 is 0. The summed E-state index contributed by atoms with van der Waals surface area (Å²) in [5.41, 5.74) is 4.34. The molecule has 0 aliphatic carbocycles. The van der Waals surface area contributed by atoms with Gasteiger partial charge in [-0.15, -0.1) is 11.3 Å². The number of nitrogens with one attached hydrogen (secondary N) is 1. The Kier molecular flexibility index (Phi) is 5.19. The molecule has 3 rings (SSSR count). The maximum Gasteiger partial charge on any atom is 0.277 e. The van der Waals surface area contributed by atoms with Crippen LogP contribution in [0.5, 0.6) is 0 Å². The number of aryl methyl sites for hydroxylation is 3. The Bertz CT molecular complexity index is 869. The summed E-state index contributed by atoms with van der Waals surface area (Å²) in [5, 5.41) is 3.37. The monoisotopic (exact) mass is 352 g/mol. The number of rotatable bonds is 5. The zero-order valence-electron chi connectivity index (χ0n) is 14.5. The molecule has 0 saturated carbocycles. The van der Waals surface area contributed by atoms with Crippen LogP contribution in [0.4, 0.5) is 5.13 Å². The fourth-order valence-corrected chi connectivity index (χ4v) is 3.34. The number of benzene rings is 1. The highest BCUT2D eigenvalue weighted by Crippen LogP contribution is 2.30. The van der Waals surface area contributed by atoms with E-state index in [2.05, 4.69) is 51.5 Å². The van der Waals surface area contributed by atoms with Crippen LogP contribution in [0.2, 0.25) is 0 Å². The number of aromatic nitrogens is 3. The third-order valence-corrected chi connectivity index (χ3v) is 4.68. The number of anilines is 1. The molecule has 3 aromatic rings. The summed E-state index contributed by atoms with van der Waals surface area (Å²) in [6.45, 7) is 6.01. The molecule has 1 N–H and O–H groups in total. The average Bonchev–Trinajstić information content (AvgIpc) is 2.96. The number of hydrogen-bond acceptors (Lipinski definition) is 5. The topological polar surface area (TPSA) is 67.8 Å². The van der Waals surface area contributed by atoms with Gasteiger partial charge in [0.1, 0.15) is 5.69 Å². The van der Waals surface area contributed by atoms with Gasteiger partial charge in [-0.1, -0.05) is 37.6 Å². The quantitative estimate of drug-likeness (QED) is 0.738. The number of carbonyl (C=O) groups is 1. The molecule has 0 fully saturated rings. The first-order valence-corrected chi connectivity index (χ1v) is 9.05. The maximum atomic E-state index is 12.3. The molecule has 25 heavy (non-hydrogen) atoms. The van der Waals surface area contributed by atoms with E-state index in [1.54, 1.807) is 6.20 Å². The lowest BCUT2D eigenvalue weighted by atomic mass is 10.1. The summed E-state index contributed by atoms with van der Waals surface area (Å²) in [6, 6.07) is 8.45. The minimum absolute atomic E-state index is 0.281. The molecule has 128 valence electrons. The van der Waals surface area contributed by atoms with E-state index in [0.717, 1.165) is 34.7 Å². The second-order valence-electron chi connectivity index (χ2n) is 5.87. The van der Waals surface area contributed by atoms with Crippen molar-refractivity contribution in [2.24, 2.45) is 0 Å². The smallest absolute Gasteiger partial charge is 0.277 e. The van der Waals surface area contributed by atoms with Crippen LogP contribution in [0.25, 0.3) is 11.3 Å². The molecule has 0 aliphatic rings. The van der Waals surface area contributed by atoms with Gasteiger partial charge in [-0.3, -0.25) is 15.1 Å². The van der Waals surface area contributed by atoms with E-state index in [-0.39, 0.29) is 11.6 Å². The van der Waals surface area contributed by atoms with Crippen molar-refractivity contribution in [1.82, 2.24) is 15.0 Å². The number of hydrogen-bond donors (Lipinski definition) is 1. The summed E-state index contributed by atoms with van der Waals surface area (Å²) in [7, 11) is 0. The molecule has 0 bridgehead atoms. The van der Waals surface area contributed by atoms with E-state index < -0.39 is 0 Å². The van der Waals surface area contributed by atoms with Crippen molar-refractivity contribution in [1.29, 1.82) is 0 Å². The molecule has 1 amide bonds. The van der Waals surface area contributed by atoms with Gasteiger partial charge in [0.25, 0.3) is 5.91 Å². The number of carbonyl (C=O) groups excluding carboxylic acids is 1. The first kappa shape index (κ1) is 17.2. The van der Waals surface area contributed by atoms with E-state index in [9.17, 15) is 4.79 Å². The molecule has 6 heteroatoms. The largest absolute Gasteiger partial charge is 0.296 e.